The second-order valence-corrected chi connectivity index (χ2v) is 9.01. The standard InChI is InChI=1S/C25H27N5O3/c1-25(2,3)33-24(32)29-22-14-30(4)23(28-22)21(31)11-15-5-7-16(8-6-15)20-13-17-12-18(26)9-10-19(17)27-20/h5-10,12-14,27H,11,26H2,1-4H3,(H,29,32). The van der Waals surface area contributed by atoms with Crippen molar-refractivity contribution >= 4 is 34.3 Å². The number of carbonyl (C=O) groups is 2. The molecule has 0 unspecified atom stereocenters. The number of hydrogen-bond donors (Lipinski definition) is 3. The van der Waals surface area contributed by atoms with Crippen LogP contribution in [0.1, 0.15) is 37.0 Å². The Labute approximate surface area is 191 Å². The molecule has 8 heteroatoms. The zero-order valence-corrected chi connectivity index (χ0v) is 19.1. The van der Waals surface area contributed by atoms with E-state index in [1.54, 1.807) is 38.6 Å². The summed E-state index contributed by atoms with van der Waals surface area (Å²) in [4.78, 5) is 32.4. The van der Waals surface area contributed by atoms with Crippen LogP contribution in [-0.4, -0.2) is 32.0 Å². The molecule has 2 heterocycles. The number of ketones is 1. The number of nitrogens with zero attached hydrogens (tertiary/aromatic N) is 2. The first kappa shape index (κ1) is 22.1. The fourth-order valence-electron chi connectivity index (χ4n) is 3.57. The van der Waals surface area contributed by atoms with Gasteiger partial charge < -0.3 is 20.0 Å². The summed E-state index contributed by atoms with van der Waals surface area (Å²) in [5, 5.41) is 3.61. The molecule has 2 aromatic carbocycles. The van der Waals surface area contributed by atoms with Crippen molar-refractivity contribution < 1.29 is 14.3 Å². The molecule has 4 rings (SSSR count). The molecular formula is C25H27N5O3. The number of hydrogen-bond acceptors (Lipinski definition) is 5. The highest BCUT2D eigenvalue weighted by Gasteiger charge is 2.19. The van der Waals surface area contributed by atoms with Gasteiger partial charge in [0.25, 0.3) is 0 Å². The quantitative estimate of drug-likeness (QED) is 0.298. The van der Waals surface area contributed by atoms with E-state index in [9.17, 15) is 9.59 Å². The molecule has 0 radical (unpaired) electrons. The maximum atomic E-state index is 12.8. The van der Waals surface area contributed by atoms with E-state index in [1.165, 1.54) is 0 Å². The number of aromatic nitrogens is 3. The van der Waals surface area contributed by atoms with E-state index in [-0.39, 0.29) is 23.8 Å². The van der Waals surface area contributed by atoms with Crippen molar-refractivity contribution in [1.29, 1.82) is 0 Å². The number of H-pyrrole nitrogens is 1. The van der Waals surface area contributed by atoms with Gasteiger partial charge >= 0.3 is 6.09 Å². The lowest BCUT2D eigenvalue weighted by atomic mass is 10.0. The van der Waals surface area contributed by atoms with E-state index in [1.807, 2.05) is 42.5 Å². The number of aryl methyl sites for hydroxylation is 1. The first-order chi connectivity index (χ1) is 15.6. The summed E-state index contributed by atoms with van der Waals surface area (Å²) in [5.74, 6) is 0.381. The average Bonchev–Trinajstić information content (AvgIpc) is 3.29. The fourth-order valence-corrected chi connectivity index (χ4v) is 3.57. The van der Waals surface area contributed by atoms with Crippen molar-refractivity contribution in [1.82, 2.24) is 14.5 Å². The molecular weight excluding hydrogens is 418 g/mol. The number of nitrogen functional groups attached to an aromatic ring is 1. The average molecular weight is 446 g/mol. The minimum Gasteiger partial charge on any atom is -0.444 e. The summed E-state index contributed by atoms with van der Waals surface area (Å²) in [6.07, 6.45) is 1.17. The van der Waals surface area contributed by atoms with Gasteiger partial charge in [0.15, 0.2) is 11.6 Å². The van der Waals surface area contributed by atoms with Crippen molar-refractivity contribution in [3.8, 4) is 11.3 Å². The Hall–Kier alpha value is -4.07. The normalized spacial score (nSPS) is 11.5. The molecule has 0 aliphatic carbocycles. The van der Waals surface area contributed by atoms with Gasteiger partial charge in [-0.2, -0.15) is 0 Å². The van der Waals surface area contributed by atoms with Gasteiger partial charge in [0.1, 0.15) is 5.60 Å². The largest absolute Gasteiger partial charge is 0.444 e. The van der Waals surface area contributed by atoms with Crippen molar-refractivity contribution in [3.05, 3.63) is 66.1 Å². The van der Waals surface area contributed by atoms with Crippen molar-refractivity contribution in [2.24, 2.45) is 7.05 Å². The van der Waals surface area contributed by atoms with Crippen LogP contribution in [0.15, 0.2) is 54.7 Å². The number of fused-ring (bicyclic) bond motifs is 1. The van der Waals surface area contributed by atoms with E-state index in [2.05, 4.69) is 21.4 Å². The highest BCUT2D eigenvalue weighted by molar-refractivity contribution is 5.95. The molecule has 8 nitrogen and oxygen atoms in total. The lowest BCUT2D eigenvalue weighted by Gasteiger charge is -2.18. The number of nitrogens with one attached hydrogen (secondary N) is 2. The van der Waals surface area contributed by atoms with Crippen LogP contribution in [0.2, 0.25) is 0 Å². The van der Waals surface area contributed by atoms with Crippen LogP contribution in [0.3, 0.4) is 0 Å². The maximum Gasteiger partial charge on any atom is 0.413 e. The highest BCUT2D eigenvalue weighted by Crippen LogP contribution is 2.26. The Kier molecular flexibility index (Phi) is 5.68. The number of nitrogens with two attached hydrogens (primary N) is 1. The molecule has 2 aromatic heterocycles. The molecule has 4 N–H and O–H groups in total. The summed E-state index contributed by atoms with van der Waals surface area (Å²) < 4.78 is 6.82. The number of Topliss-reactive ketones (excluding diaryl/α,β-unsaturated/α-hetero) is 1. The number of anilines is 2. The Balaban J connectivity index is 1.44. The summed E-state index contributed by atoms with van der Waals surface area (Å²) >= 11 is 0. The van der Waals surface area contributed by atoms with Gasteiger partial charge in [-0.05, 0) is 56.2 Å². The van der Waals surface area contributed by atoms with Gasteiger partial charge in [-0.1, -0.05) is 24.3 Å². The van der Waals surface area contributed by atoms with Crippen LogP contribution in [0.25, 0.3) is 22.2 Å². The molecule has 1 amide bonds. The molecule has 4 aromatic rings. The predicted molar refractivity (Wildman–Crippen MR) is 129 cm³/mol. The second kappa shape index (κ2) is 8.46. The Morgan fingerprint density at radius 1 is 1.12 bits per heavy atom. The fraction of sp³-hybridized carbons (Fsp3) is 0.240. The molecule has 33 heavy (non-hydrogen) atoms. The molecule has 0 saturated carbocycles. The maximum absolute atomic E-state index is 12.8. The number of carbonyl (C=O) groups excluding carboxylic acids is 2. The smallest absolute Gasteiger partial charge is 0.413 e. The Morgan fingerprint density at radius 3 is 2.55 bits per heavy atom. The minimum absolute atomic E-state index is 0.149. The third-order valence-electron chi connectivity index (χ3n) is 5.03. The number of amides is 1. The van der Waals surface area contributed by atoms with E-state index in [0.717, 1.165) is 33.4 Å². The minimum atomic E-state index is -0.621. The number of ether oxygens (including phenoxy) is 1. The van der Waals surface area contributed by atoms with Gasteiger partial charge in [0, 0.05) is 41.9 Å². The SMILES string of the molecule is Cn1cc(NC(=O)OC(C)(C)C)nc1C(=O)Cc1ccc(-c2cc3cc(N)ccc3[nH]2)cc1. The Bertz CT molecular complexity index is 1330. The topological polar surface area (TPSA) is 115 Å². The van der Waals surface area contributed by atoms with Crippen molar-refractivity contribution in [2.45, 2.75) is 32.8 Å². The Morgan fingerprint density at radius 2 is 1.85 bits per heavy atom. The van der Waals surface area contributed by atoms with Gasteiger partial charge in [0.05, 0.1) is 0 Å². The third-order valence-corrected chi connectivity index (χ3v) is 5.03. The van der Waals surface area contributed by atoms with E-state index < -0.39 is 11.7 Å². The summed E-state index contributed by atoms with van der Waals surface area (Å²) in [5.41, 5.74) is 9.85. The number of benzene rings is 2. The van der Waals surface area contributed by atoms with Crippen LogP contribution in [0.5, 0.6) is 0 Å². The number of aromatic amines is 1. The molecule has 0 saturated heterocycles. The van der Waals surface area contributed by atoms with Crippen LogP contribution >= 0.6 is 0 Å². The number of rotatable bonds is 5. The van der Waals surface area contributed by atoms with Gasteiger partial charge in [0.2, 0.25) is 5.78 Å². The molecule has 0 aliphatic rings. The second-order valence-electron chi connectivity index (χ2n) is 9.01. The van der Waals surface area contributed by atoms with E-state index in [0.29, 0.717) is 0 Å². The van der Waals surface area contributed by atoms with Gasteiger partial charge in [-0.15, -0.1) is 0 Å². The number of imidazole rings is 1. The zero-order chi connectivity index (χ0) is 23.8. The van der Waals surface area contributed by atoms with Crippen LogP contribution in [0, 0.1) is 0 Å². The monoisotopic (exact) mass is 445 g/mol. The van der Waals surface area contributed by atoms with E-state index in [4.69, 9.17) is 10.5 Å². The summed E-state index contributed by atoms with van der Waals surface area (Å²) in [6, 6.07) is 15.6. The molecule has 170 valence electrons. The lowest BCUT2D eigenvalue weighted by molar-refractivity contribution is 0.0635. The van der Waals surface area contributed by atoms with Crippen LogP contribution in [0.4, 0.5) is 16.3 Å². The zero-order valence-electron chi connectivity index (χ0n) is 19.1. The molecule has 0 bridgehead atoms. The first-order valence-electron chi connectivity index (χ1n) is 10.6. The summed E-state index contributed by atoms with van der Waals surface area (Å²) in [7, 11) is 1.71. The first-order valence-corrected chi connectivity index (χ1v) is 10.6. The third kappa shape index (κ3) is 5.23. The highest BCUT2D eigenvalue weighted by atomic mass is 16.6. The molecule has 0 fully saturated rings. The molecule has 0 spiro atoms. The molecule has 0 atom stereocenters. The van der Waals surface area contributed by atoms with Crippen LogP contribution in [-0.2, 0) is 18.2 Å². The van der Waals surface area contributed by atoms with Gasteiger partial charge in [-0.3, -0.25) is 10.1 Å². The van der Waals surface area contributed by atoms with Crippen molar-refractivity contribution in [3.63, 3.8) is 0 Å². The predicted octanol–water partition coefficient (Wildman–Crippen LogP) is 4.92. The van der Waals surface area contributed by atoms with Crippen LogP contribution < -0.4 is 11.1 Å². The molecule has 0 aliphatic heterocycles. The van der Waals surface area contributed by atoms with E-state index >= 15 is 0 Å². The van der Waals surface area contributed by atoms with Gasteiger partial charge in [-0.25, -0.2) is 9.78 Å². The van der Waals surface area contributed by atoms with Crippen molar-refractivity contribution in [2.75, 3.05) is 11.1 Å². The lowest BCUT2D eigenvalue weighted by Crippen LogP contribution is -2.27. The summed E-state index contributed by atoms with van der Waals surface area (Å²) in [6.45, 7) is 5.33.